The predicted octanol–water partition coefficient (Wildman–Crippen LogP) is 3.47. The first kappa shape index (κ1) is 15.3. The molecule has 6 nitrogen and oxygen atoms in total. The van der Waals surface area contributed by atoms with Gasteiger partial charge in [0.05, 0.1) is 9.83 Å². The maximum absolute atomic E-state index is 12.0. The minimum atomic E-state index is -0.608. The van der Waals surface area contributed by atoms with Crippen LogP contribution in [-0.2, 0) is 4.79 Å². The first-order valence-corrected chi connectivity index (χ1v) is 6.93. The molecule has 2 rings (SSSR count). The molecule has 1 fully saturated rings. The van der Waals surface area contributed by atoms with E-state index in [-0.39, 0.29) is 22.2 Å². The first-order chi connectivity index (χ1) is 9.93. The quantitative estimate of drug-likeness (QED) is 0.366. The number of carbonyl (C=O) groups excluding carboxylic acids is 2. The number of benzene rings is 1. The summed E-state index contributed by atoms with van der Waals surface area (Å²) in [6.07, 6.45) is 2.88. The number of nitrogens with zero attached hydrogens (tertiary/aromatic N) is 2. The van der Waals surface area contributed by atoms with E-state index in [9.17, 15) is 19.7 Å². The smallest absolute Gasteiger partial charge is 0.268 e. The number of thioether (sulfide) groups is 1. The molecule has 1 aliphatic heterocycles. The molecule has 0 atom stereocenters. The van der Waals surface area contributed by atoms with Crippen LogP contribution >= 0.6 is 23.4 Å². The normalized spacial score (nSPS) is 16.6. The Hall–Kier alpha value is -2.12. The highest BCUT2D eigenvalue weighted by molar-refractivity contribution is 8.18. The van der Waals surface area contributed by atoms with Gasteiger partial charge in [0.15, 0.2) is 0 Å². The fourth-order valence-electron chi connectivity index (χ4n) is 1.70. The maximum atomic E-state index is 12.0. The number of rotatable bonds is 4. The van der Waals surface area contributed by atoms with Gasteiger partial charge in [0.2, 0.25) is 0 Å². The standard InChI is InChI=1S/C13H9ClN2O4S/c1-2-5-15-12(17)11(21-13(15)18)7-8-3-4-9(14)10(6-8)16(19)20/h2-4,6-7H,1,5H2. The molecule has 2 amide bonds. The zero-order valence-corrected chi connectivity index (χ0v) is 12.2. The van der Waals surface area contributed by atoms with Gasteiger partial charge in [-0.3, -0.25) is 24.6 Å². The van der Waals surface area contributed by atoms with Gasteiger partial charge < -0.3 is 0 Å². The van der Waals surface area contributed by atoms with Gasteiger partial charge in [-0.25, -0.2) is 0 Å². The van der Waals surface area contributed by atoms with Crippen molar-refractivity contribution < 1.29 is 14.5 Å². The van der Waals surface area contributed by atoms with Gasteiger partial charge >= 0.3 is 0 Å². The van der Waals surface area contributed by atoms with Crippen LogP contribution in [0.1, 0.15) is 5.56 Å². The second kappa shape index (κ2) is 6.11. The van der Waals surface area contributed by atoms with E-state index < -0.39 is 16.1 Å². The number of nitro benzene ring substituents is 1. The molecule has 0 bridgehead atoms. The van der Waals surface area contributed by atoms with Gasteiger partial charge in [-0.2, -0.15) is 0 Å². The van der Waals surface area contributed by atoms with Crippen LogP contribution in [0.3, 0.4) is 0 Å². The average molecular weight is 325 g/mol. The minimum absolute atomic E-state index is 0.0110. The minimum Gasteiger partial charge on any atom is -0.268 e. The topological polar surface area (TPSA) is 80.5 Å². The monoisotopic (exact) mass is 324 g/mol. The van der Waals surface area contributed by atoms with Crippen LogP contribution < -0.4 is 0 Å². The number of imide groups is 1. The Bertz CT molecular complexity index is 687. The summed E-state index contributed by atoms with van der Waals surface area (Å²) in [6.45, 7) is 3.61. The lowest BCUT2D eigenvalue weighted by Gasteiger charge is -2.07. The van der Waals surface area contributed by atoms with Crippen molar-refractivity contribution in [2.75, 3.05) is 6.54 Å². The van der Waals surface area contributed by atoms with Crippen molar-refractivity contribution in [1.82, 2.24) is 4.90 Å². The molecule has 1 aromatic rings. The van der Waals surface area contributed by atoms with Gasteiger partial charge in [-0.15, -0.1) is 6.58 Å². The van der Waals surface area contributed by atoms with Crippen LogP contribution in [-0.4, -0.2) is 27.5 Å². The van der Waals surface area contributed by atoms with Crippen molar-refractivity contribution in [1.29, 1.82) is 0 Å². The molecule has 1 aliphatic rings. The molecule has 0 radical (unpaired) electrons. The molecule has 0 spiro atoms. The van der Waals surface area contributed by atoms with Crippen LogP contribution in [0, 0.1) is 10.1 Å². The van der Waals surface area contributed by atoms with Crippen LogP contribution in [0.2, 0.25) is 5.02 Å². The second-order valence-corrected chi connectivity index (χ2v) is 5.45. The molecule has 8 heteroatoms. The van der Waals surface area contributed by atoms with Crippen molar-refractivity contribution in [3.63, 3.8) is 0 Å². The number of amides is 2. The van der Waals surface area contributed by atoms with E-state index in [1.807, 2.05) is 0 Å². The summed E-state index contributed by atoms with van der Waals surface area (Å²) in [5.74, 6) is -0.442. The molecule has 0 aliphatic carbocycles. The summed E-state index contributed by atoms with van der Waals surface area (Å²) in [4.78, 5) is 35.1. The number of carbonyl (C=O) groups is 2. The summed E-state index contributed by atoms with van der Waals surface area (Å²) in [7, 11) is 0. The van der Waals surface area contributed by atoms with Crippen LogP contribution in [0.15, 0.2) is 35.8 Å². The molecule has 1 aromatic carbocycles. The van der Waals surface area contributed by atoms with E-state index in [4.69, 9.17) is 11.6 Å². The number of hydrogen-bond acceptors (Lipinski definition) is 5. The molecule has 108 valence electrons. The Morgan fingerprint density at radius 1 is 1.43 bits per heavy atom. The van der Waals surface area contributed by atoms with Gasteiger partial charge in [0, 0.05) is 12.6 Å². The summed E-state index contributed by atoms with van der Waals surface area (Å²) < 4.78 is 0. The third-order valence-electron chi connectivity index (χ3n) is 2.65. The average Bonchev–Trinajstić information content (AvgIpc) is 2.69. The van der Waals surface area contributed by atoms with Crippen molar-refractivity contribution in [3.8, 4) is 0 Å². The Labute approximate surface area is 129 Å². The lowest BCUT2D eigenvalue weighted by molar-refractivity contribution is -0.384. The third kappa shape index (κ3) is 3.14. The van der Waals surface area contributed by atoms with Crippen molar-refractivity contribution in [3.05, 3.63) is 56.5 Å². The largest absolute Gasteiger partial charge is 0.293 e. The van der Waals surface area contributed by atoms with Gasteiger partial charge in [-0.1, -0.05) is 23.7 Å². The summed E-state index contributed by atoms with van der Waals surface area (Å²) >= 11 is 6.50. The predicted molar refractivity (Wildman–Crippen MR) is 81.0 cm³/mol. The van der Waals surface area contributed by atoms with Gasteiger partial charge in [0.25, 0.3) is 16.8 Å². The van der Waals surface area contributed by atoms with E-state index in [2.05, 4.69) is 6.58 Å². The summed E-state index contributed by atoms with van der Waals surface area (Å²) in [5, 5.41) is 10.4. The molecule has 0 saturated carbocycles. The van der Waals surface area contributed by atoms with Crippen LogP contribution in [0.25, 0.3) is 6.08 Å². The number of halogens is 1. The molecular formula is C13H9ClN2O4S. The van der Waals surface area contributed by atoms with E-state index >= 15 is 0 Å². The summed E-state index contributed by atoms with van der Waals surface area (Å²) in [5.41, 5.74) is 0.172. The zero-order chi connectivity index (χ0) is 15.6. The van der Waals surface area contributed by atoms with E-state index in [0.717, 1.165) is 16.7 Å². The molecule has 0 N–H and O–H groups in total. The fraction of sp³-hybridized carbons (Fsp3) is 0.0769. The summed E-state index contributed by atoms with van der Waals surface area (Å²) in [6, 6.07) is 4.17. The van der Waals surface area contributed by atoms with Gasteiger partial charge in [0.1, 0.15) is 5.02 Å². The Balaban J connectivity index is 2.35. The maximum Gasteiger partial charge on any atom is 0.293 e. The molecule has 1 heterocycles. The first-order valence-electron chi connectivity index (χ1n) is 5.74. The zero-order valence-electron chi connectivity index (χ0n) is 10.6. The highest BCUT2D eigenvalue weighted by atomic mass is 35.5. The molecule has 1 saturated heterocycles. The molecular weight excluding hydrogens is 316 g/mol. The Morgan fingerprint density at radius 2 is 2.14 bits per heavy atom. The van der Waals surface area contributed by atoms with Crippen LogP contribution in [0.5, 0.6) is 0 Å². The number of nitro groups is 1. The Kier molecular flexibility index (Phi) is 4.44. The van der Waals surface area contributed by atoms with Crippen molar-refractivity contribution >= 4 is 46.3 Å². The van der Waals surface area contributed by atoms with E-state index in [0.29, 0.717) is 5.56 Å². The third-order valence-corrected chi connectivity index (χ3v) is 3.88. The highest BCUT2D eigenvalue weighted by Gasteiger charge is 2.34. The fourth-order valence-corrected chi connectivity index (χ4v) is 2.73. The highest BCUT2D eigenvalue weighted by Crippen LogP contribution is 2.33. The lowest BCUT2D eigenvalue weighted by Crippen LogP contribution is -2.27. The SMILES string of the molecule is C=CCN1C(=O)SC(=Cc2ccc(Cl)c([N+](=O)[O-])c2)C1=O. The second-order valence-electron chi connectivity index (χ2n) is 4.05. The molecule has 0 unspecified atom stereocenters. The van der Waals surface area contributed by atoms with E-state index in [1.54, 1.807) is 0 Å². The molecule has 21 heavy (non-hydrogen) atoms. The Morgan fingerprint density at radius 3 is 2.76 bits per heavy atom. The van der Waals surface area contributed by atoms with Crippen LogP contribution in [0.4, 0.5) is 10.5 Å². The molecule has 0 aromatic heterocycles. The van der Waals surface area contributed by atoms with E-state index in [1.165, 1.54) is 30.4 Å². The van der Waals surface area contributed by atoms with Gasteiger partial charge in [-0.05, 0) is 29.5 Å². The van der Waals surface area contributed by atoms with Crippen molar-refractivity contribution in [2.45, 2.75) is 0 Å². The lowest BCUT2D eigenvalue weighted by atomic mass is 10.2. The number of hydrogen-bond donors (Lipinski definition) is 0. The van der Waals surface area contributed by atoms with Crippen molar-refractivity contribution in [2.24, 2.45) is 0 Å².